The predicted octanol–water partition coefficient (Wildman–Crippen LogP) is 5.62. The molecule has 0 amide bonds. The topological polar surface area (TPSA) is 57.5 Å². The quantitative estimate of drug-likeness (QED) is 0.609. The van der Waals surface area contributed by atoms with Gasteiger partial charge < -0.3 is 10.2 Å². The summed E-state index contributed by atoms with van der Waals surface area (Å²) in [5, 5.41) is 20.7. The molecule has 4 aliphatic rings. The molecule has 4 fully saturated rings. The van der Waals surface area contributed by atoms with Gasteiger partial charge in [-0.25, -0.2) is 0 Å². The lowest BCUT2D eigenvalue weighted by Crippen LogP contribution is -2.59. The summed E-state index contributed by atoms with van der Waals surface area (Å²) in [7, 11) is 0. The highest BCUT2D eigenvalue weighted by molar-refractivity contribution is 5.83. The average Bonchev–Trinajstić information content (AvgIpc) is 3.01. The van der Waals surface area contributed by atoms with Crippen LogP contribution >= 0.6 is 0 Å². The smallest absolute Gasteiger partial charge is 0.136 e. The third-order valence-electron chi connectivity index (χ3n) is 10.7. The van der Waals surface area contributed by atoms with E-state index < -0.39 is 12.2 Å². The van der Waals surface area contributed by atoms with E-state index in [2.05, 4.69) is 34.6 Å². The zero-order valence-electron chi connectivity index (χ0n) is 20.1. The fraction of sp³-hybridized carbons (Fsp3) is 0.963. The lowest BCUT2D eigenvalue weighted by atomic mass is 9.44. The number of carbonyl (C=O) groups excluding carboxylic acids is 1. The van der Waals surface area contributed by atoms with E-state index in [1.165, 1.54) is 38.5 Å². The van der Waals surface area contributed by atoms with Crippen LogP contribution in [0.5, 0.6) is 0 Å². The second-order valence-electron chi connectivity index (χ2n) is 12.7. The largest absolute Gasteiger partial charge is 0.390 e. The molecule has 3 nitrogen and oxygen atoms in total. The molecule has 0 aromatic rings. The molecule has 2 N–H and O–H groups in total. The molecule has 10 atom stereocenters. The zero-order valence-corrected chi connectivity index (χ0v) is 20.1. The molecule has 0 aromatic heterocycles. The van der Waals surface area contributed by atoms with Crippen molar-refractivity contribution < 1.29 is 15.0 Å². The number of rotatable bonds is 5. The molecule has 4 aliphatic carbocycles. The van der Waals surface area contributed by atoms with E-state index in [-0.39, 0.29) is 17.3 Å². The van der Waals surface area contributed by atoms with Gasteiger partial charge >= 0.3 is 0 Å². The van der Waals surface area contributed by atoms with Crippen LogP contribution in [0.25, 0.3) is 0 Å². The number of hydrogen-bond acceptors (Lipinski definition) is 3. The summed E-state index contributed by atoms with van der Waals surface area (Å²) in [5.41, 5.74) is 0.323. The van der Waals surface area contributed by atoms with Crippen LogP contribution < -0.4 is 0 Å². The third-order valence-corrected chi connectivity index (χ3v) is 10.7. The minimum Gasteiger partial charge on any atom is -0.390 e. The Kier molecular flexibility index (Phi) is 6.21. The van der Waals surface area contributed by atoms with Gasteiger partial charge in [0.1, 0.15) is 5.78 Å². The summed E-state index contributed by atoms with van der Waals surface area (Å²) < 4.78 is 0. The fourth-order valence-corrected chi connectivity index (χ4v) is 8.97. The summed E-state index contributed by atoms with van der Waals surface area (Å²) in [6.07, 6.45) is 9.51. The van der Waals surface area contributed by atoms with Crippen molar-refractivity contribution in [2.45, 2.75) is 111 Å². The maximum atomic E-state index is 13.5. The predicted molar refractivity (Wildman–Crippen MR) is 121 cm³/mol. The number of hydrogen-bond donors (Lipinski definition) is 2. The molecule has 0 aromatic carbocycles. The molecule has 172 valence electrons. The van der Waals surface area contributed by atoms with Gasteiger partial charge in [0.25, 0.3) is 0 Å². The molecule has 30 heavy (non-hydrogen) atoms. The van der Waals surface area contributed by atoms with Gasteiger partial charge in [-0.1, -0.05) is 53.9 Å². The van der Waals surface area contributed by atoms with E-state index in [4.69, 9.17) is 0 Å². The SMILES string of the molecule is CC(C)CCC[C@@H](C)[C@H]1CC[C@H]2[C@@H]3C(=O)C[C@H]4C[C@@H](O)[C@@H](O)C[C@]4(C)[C@H]3CC[C@]12C. The van der Waals surface area contributed by atoms with Crippen molar-refractivity contribution in [2.24, 2.45) is 52.3 Å². The first-order valence-corrected chi connectivity index (χ1v) is 13.0. The van der Waals surface area contributed by atoms with Crippen LogP contribution in [0.15, 0.2) is 0 Å². The standard InChI is InChI=1S/C27H46O3/c1-16(2)7-6-8-17(3)19-9-10-20-25-21(11-12-26(19,20)4)27(5)15-24(30)22(28)13-18(27)14-23(25)29/h16-22,24-25,28,30H,6-15H2,1-5H3/t17-,18-,19-,20+,21+,22-,24+,25+,26-,27+/m1/s1. The van der Waals surface area contributed by atoms with Gasteiger partial charge in [0.2, 0.25) is 0 Å². The van der Waals surface area contributed by atoms with Crippen LogP contribution in [0.4, 0.5) is 0 Å². The van der Waals surface area contributed by atoms with Crippen LogP contribution in [0.3, 0.4) is 0 Å². The normalized spacial score (nSPS) is 49.5. The molecule has 0 spiro atoms. The Morgan fingerprint density at radius 3 is 2.37 bits per heavy atom. The second-order valence-corrected chi connectivity index (χ2v) is 12.7. The van der Waals surface area contributed by atoms with Crippen molar-refractivity contribution in [2.75, 3.05) is 0 Å². The lowest BCUT2D eigenvalue weighted by molar-refractivity contribution is -0.173. The Morgan fingerprint density at radius 2 is 1.67 bits per heavy atom. The average molecular weight is 419 g/mol. The van der Waals surface area contributed by atoms with Crippen LogP contribution in [-0.2, 0) is 4.79 Å². The van der Waals surface area contributed by atoms with E-state index in [9.17, 15) is 15.0 Å². The van der Waals surface area contributed by atoms with E-state index in [0.29, 0.717) is 42.3 Å². The molecule has 0 aliphatic heterocycles. The minimum absolute atomic E-state index is 0.0134. The van der Waals surface area contributed by atoms with Crippen molar-refractivity contribution in [3.8, 4) is 0 Å². The Hall–Kier alpha value is -0.410. The van der Waals surface area contributed by atoms with Crippen molar-refractivity contribution in [3.05, 3.63) is 0 Å². The maximum Gasteiger partial charge on any atom is 0.136 e. The zero-order chi connectivity index (χ0) is 21.8. The van der Waals surface area contributed by atoms with Crippen molar-refractivity contribution in [1.29, 1.82) is 0 Å². The summed E-state index contributed by atoms with van der Waals surface area (Å²) in [6, 6.07) is 0. The number of ketones is 1. The van der Waals surface area contributed by atoms with E-state index in [0.717, 1.165) is 24.2 Å². The Labute approximate surface area is 184 Å². The van der Waals surface area contributed by atoms with Crippen molar-refractivity contribution in [1.82, 2.24) is 0 Å². The third kappa shape index (κ3) is 3.60. The fourth-order valence-electron chi connectivity index (χ4n) is 8.97. The van der Waals surface area contributed by atoms with Gasteiger partial charge in [-0.2, -0.15) is 0 Å². The maximum absolute atomic E-state index is 13.5. The highest BCUT2D eigenvalue weighted by Crippen LogP contribution is 2.67. The van der Waals surface area contributed by atoms with E-state index in [1.54, 1.807) is 0 Å². The lowest BCUT2D eigenvalue weighted by Gasteiger charge is -2.60. The molecule has 0 bridgehead atoms. The van der Waals surface area contributed by atoms with E-state index >= 15 is 0 Å². The number of aliphatic hydroxyl groups excluding tert-OH is 2. The van der Waals surface area contributed by atoms with Crippen LogP contribution in [-0.4, -0.2) is 28.2 Å². The Balaban J connectivity index is 1.53. The first kappa shape index (κ1) is 22.8. The summed E-state index contributed by atoms with van der Waals surface area (Å²) in [4.78, 5) is 13.5. The Bertz CT molecular complexity index is 644. The first-order valence-electron chi connectivity index (χ1n) is 13.0. The molecule has 4 saturated carbocycles. The van der Waals surface area contributed by atoms with Gasteiger partial charge in [0, 0.05) is 12.3 Å². The Morgan fingerprint density at radius 1 is 0.967 bits per heavy atom. The van der Waals surface area contributed by atoms with Crippen molar-refractivity contribution in [3.63, 3.8) is 0 Å². The summed E-state index contributed by atoms with van der Waals surface area (Å²) in [6.45, 7) is 12.0. The first-order chi connectivity index (χ1) is 14.1. The molecule has 0 unspecified atom stereocenters. The minimum atomic E-state index is -0.649. The number of fused-ring (bicyclic) bond motifs is 5. The molecule has 4 rings (SSSR count). The van der Waals surface area contributed by atoms with Crippen LogP contribution in [0.2, 0.25) is 0 Å². The second kappa shape index (κ2) is 8.18. The molecule has 0 saturated heterocycles. The monoisotopic (exact) mass is 418 g/mol. The molecule has 0 heterocycles. The van der Waals surface area contributed by atoms with Gasteiger partial charge in [-0.3, -0.25) is 4.79 Å². The number of aliphatic hydroxyl groups is 2. The van der Waals surface area contributed by atoms with Gasteiger partial charge in [0.15, 0.2) is 0 Å². The number of carbonyl (C=O) groups is 1. The van der Waals surface area contributed by atoms with E-state index in [1.807, 2.05) is 0 Å². The van der Waals surface area contributed by atoms with Gasteiger partial charge in [-0.05, 0) is 84.9 Å². The summed E-state index contributed by atoms with van der Waals surface area (Å²) in [5.74, 6) is 4.16. The highest BCUT2D eigenvalue weighted by Gasteiger charge is 2.63. The molecule has 0 radical (unpaired) electrons. The molecular weight excluding hydrogens is 372 g/mol. The highest BCUT2D eigenvalue weighted by atomic mass is 16.3. The van der Waals surface area contributed by atoms with Crippen LogP contribution in [0, 0.1) is 52.3 Å². The van der Waals surface area contributed by atoms with Gasteiger partial charge in [-0.15, -0.1) is 0 Å². The van der Waals surface area contributed by atoms with Gasteiger partial charge in [0.05, 0.1) is 12.2 Å². The molecule has 3 heteroatoms. The molecular formula is C27H46O3. The van der Waals surface area contributed by atoms with Crippen LogP contribution in [0.1, 0.15) is 98.8 Å². The van der Waals surface area contributed by atoms with Crippen molar-refractivity contribution >= 4 is 5.78 Å². The number of Topliss-reactive ketones (excluding diaryl/α,β-unsaturated/α-hetero) is 1. The summed E-state index contributed by atoms with van der Waals surface area (Å²) >= 11 is 0.